The van der Waals surface area contributed by atoms with Crippen molar-refractivity contribution in [1.82, 2.24) is 15.0 Å². The lowest BCUT2D eigenvalue weighted by atomic mass is 10.2. The minimum atomic E-state index is -0.339. The molecule has 0 fully saturated rings. The van der Waals surface area contributed by atoms with Crippen molar-refractivity contribution in [3.05, 3.63) is 46.1 Å². The number of halogens is 1. The Kier molecular flexibility index (Phi) is 2.28. The van der Waals surface area contributed by atoms with Crippen LogP contribution < -0.4 is 5.56 Å². The van der Waals surface area contributed by atoms with Gasteiger partial charge in [-0.2, -0.15) is 0 Å². The summed E-state index contributed by atoms with van der Waals surface area (Å²) in [6.45, 7) is 0. The molecule has 0 atom stereocenters. The fraction of sp³-hybridized carbons (Fsp3) is 0. The van der Waals surface area contributed by atoms with E-state index in [1.165, 1.54) is 6.20 Å². The number of hydrogen-bond acceptors (Lipinski definition) is 3. The average molecular weight is 208 g/mol. The van der Waals surface area contributed by atoms with Gasteiger partial charge in [0.05, 0.1) is 6.20 Å². The topological polar surface area (TPSA) is 58.6 Å². The Hall–Kier alpha value is -1.68. The van der Waals surface area contributed by atoms with Gasteiger partial charge in [0.15, 0.2) is 0 Å². The highest BCUT2D eigenvalue weighted by Crippen LogP contribution is 2.11. The van der Waals surface area contributed by atoms with Crippen molar-refractivity contribution >= 4 is 11.6 Å². The minimum absolute atomic E-state index is 0.0859. The van der Waals surface area contributed by atoms with Gasteiger partial charge in [-0.15, -0.1) is 0 Å². The number of aromatic nitrogens is 3. The number of hydrogen-bond donors (Lipinski definition) is 1. The lowest BCUT2D eigenvalue weighted by molar-refractivity contribution is 1.12. The molecule has 2 heterocycles. The first-order valence-corrected chi connectivity index (χ1v) is 4.30. The molecule has 70 valence electrons. The van der Waals surface area contributed by atoms with Crippen LogP contribution in [0.4, 0.5) is 0 Å². The van der Waals surface area contributed by atoms with E-state index in [0.717, 1.165) is 5.56 Å². The molecule has 0 bridgehead atoms. The van der Waals surface area contributed by atoms with Gasteiger partial charge in [0.25, 0.3) is 5.56 Å². The van der Waals surface area contributed by atoms with Crippen molar-refractivity contribution in [2.45, 2.75) is 0 Å². The summed E-state index contributed by atoms with van der Waals surface area (Å²) in [5, 5.41) is 0.0859. The Bertz CT molecular complexity index is 495. The monoisotopic (exact) mass is 207 g/mol. The summed E-state index contributed by atoms with van der Waals surface area (Å²) >= 11 is 5.55. The maximum Gasteiger partial charge on any atom is 0.269 e. The van der Waals surface area contributed by atoms with Gasteiger partial charge in [-0.1, -0.05) is 11.6 Å². The molecule has 0 spiro atoms. The van der Waals surface area contributed by atoms with E-state index in [1.807, 2.05) is 0 Å². The fourth-order valence-corrected chi connectivity index (χ4v) is 1.13. The van der Waals surface area contributed by atoms with Crippen LogP contribution in [0, 0.1) is 0 Å². The summed E-state index contributed by atoms with van der Waals surface area (Å²) in [5.41, 5.74) is 0.460. The number of H-pyrrole nitrogens is 1. The van der Waals surface area contributed by atoms with E-state index in [2.05, 4.69) is 15.0 Å². The Labute approximate surface area is 84.6 Å². The Morgan fingerprint density at radius 1 is 1.29 bits per heavy atom. The molecule has 2 aromatic heterocycles. The van der Waals surface area contributed by atoms with Gasteiger partial charge in [0, 0.05) is 18.0 Å². The summed E-state index contributed by atoms with van der Waals surface area (Å²) in [6, 6.07) is 3.51. The first-order chi connectivity index (χ1) is 6.77. The zero-order valence-electron chi connectivity index (χ0n) is 7.07. The molecule has 1 N–H and O–H groups in total. The first kappa shape index (κ1) is 8.90. The molecule has 14 heavy (non-hydrogen) atoms. The maximum absolute atomic E-state index is 11.2. The van der Waals surface area contributed by atoms with E-state index in [4.69, 9.17) is 11.6 Å². The SMILES string of the molecule is O=c1[nH]c(-c2ccncc2)ncc1Cl. The summed E-state index contributed by atoms with van der Waals surface area (Å²) < 4.78 is 0. The van der Waals surface area contributed by atoms with Crippen molar-refractivity contribution in [3.63, 3.8) is 0 Å². The van der Waals surface area contributed by atoms with Crippen molar-refractivity contribution in [2.24, 2.45) is 0 Å². The van der Waals surface area contributed by atoms with Crippen molar-refractivity contribution < 1.29 is 0 Å². The number of nitrogens with zero attached hydrogens (tertiary/aromatic N) is 2. The molecule has 2 rings (SSSR count). The van der Waals surface area contributed by atoms with E-state index in [0.29, 0.717) is 5.82 Å². The highest BCUT2D eigenvalue weighted by molar-refractivity contribution is 6.30. The third kappa shape index (κ3) is 1.65. The molecule has 2 aromatic rings. The van der Waals surface area contributed by atoms with Gasteiger partial charge in [-0.3, -0.25) is 9.78 Å². The summed E-state index contributed by atoms with van der Waals surface area (Å²) in [4.78, 5) is 21.6. The standard InChI is InChI=1S/C9H6ClN3O/c10-7-5-12-8(13-9(7)14)6-1-3-11-4-2-6/h1-5H,(H,12,13,14). The third-order valence-electron chi connectivity index (χ3n) is 1.71. The molecule has 0 aliphatic rings. The predicted octanol–water partition coefficient (Wildman–Crippen LogP) is 1.49. The maximum atomic E-state index is 11.2. The molecule has 4 nitrogen and oxygen atoms in total. The molecule has 5 heteroatoms. The van der Waals surface area contributed by atoms with E-state index >= 15 is 0 Å². The van der Waals surface area contributed by atoms with Crippen LogP contribution in [0.15, 0.2) is 35.5 Å². The second kappa shape index (κ2) is 3.59. The average Bonchev–Trinajstić information content (AvgIpc) is 2.23. The summed E-state index contributed by atoms with van der Waals surface area (Å²) in [6.07, 6.45) is 4.59. The first-order valence-electron chi connectivity index (χ1n) is 3.92. The molecule has 0 radical (unpaired) electrons. The van der Waals surface area contributed by atoms with E-state index in [1.54, 1.807) is 24.5 Å². The number of rotatable bonds is 1. The molecule has 0 unspecified atom stereocenters. The summed E-state index contributed by atoms with van der Waals surface area (Å²) in [5.74, 6) is 0.488. The fourth-order valence-electron chi connectivity index (χ4n) is 1.04. The van der Waals surface area contributed by atoms with Crippen molar-refractivity contribution in [3.8, 4) is 11.4 Å². The van der Waals surface area contributed by atoms with Crippen molar-refractivity contribution in [1.29, 1.82) is 0 Å². The number of aromatic amines is 1. The third-order valence-corrected chi connectivity index (χ3v) is 1.98. The zero-order chi connectivity index (χ0) is 9.97. The minimum Gasteiger partial charge on any atom is -0.305 e. The molecular weight excluding hydrogens is 202 g/mol. The lowest BCUT2D eigenvalue weighted by Crippen LogP contribution is -2.08. The largest absolute Gasteiger partial charge is 0.305 e. The van der Waals surface area contributed by atoms with E-state index in [-0.39, 0.29) is 10.6 Å². The predicted molar refractivity (Wildman–Crippen MR) is 53.1 cm³/mol. The Morgan fingerprint density at radius 2 is 2.00 bits per heavy atom. The molecule has 0 aromatic carbocycles. The van der Waals surface area contributed by atoms with Crippen LogP contribution in [-0.2, 0) is 0 Å². The van der Waals surface area contributed by atoms with Gasteiger partial charge < -0.3 is 4.98 Å². The zero-order valence-corrected chi connectivity index (χ0v) is 7.82. The van der Waals surface area contributed by atoms with Crippen LogP contribution >= 0.6 is 11.6 Å². The quantitative estimate of drug-likeness (QED) is 0.771. The van der Waals surface area contributed by atoms with Crippen LogP contribution in [-0.4, -0.2) is 15.0 Å². The molecular formula is C9H6ClN3O. The van der Waals surface area contributed by atoms with E-state index < -0.39 is 0 Å². The van der Waals surface area contributed by atoms with Crippen LogP contribution in [0.1, 0.15) is 0 Å². The highest BCUT2D eigenvalue weighted by atomic mass is 35.5. The normalized spacial score (nSPS) is 10.1. The van der Waals surface area contributed by atoms with Crippen LogP contribution in [0.5, 0.6) is 0 Å². The number of pyridine rings is 1. The molecule has 0 saturated heterocycles. The molecule has 0 amide bonds. The van der Waals surface area contributed by atoms with Gasteiger partial charge >= 0.3 is 0 Å². The molecule has 0 aliphatic heterocycles. The van der Waals surface area contributed by atoms with Crippen LogP contribution in [0.25, 0.3) is 11.4 Å². The summed E-state index contributed by atoms with van der Waals surface area (Å²) in [7, 11) is 0. The molecule has 0 aliphatic carbocycles. The molecule has 0 saturated carbocycles. The Morgan fingerprint density at radius 3 is 2.64 bits per heavy atom. The second-order valence-corrected chi connectivity index (χ2v) is 3.05. The van der Waals surface area contributed by atoms with Gasteiger partial charge in [0.2, 0.25) is 0 Å². The van der Waals surface area contributed by atoms with Gasteiger partial charge in [0.1, 0.15) is 10.8 Å². The highest BCUT2D eigenvalue weighted by Gasteiger charge is 2.01. The smallest absolute Gasteiger partial charge is 0.269 e. The van der Waals surface area contributed by atoms with Crippen molar-refractivity contribution in [2.75, 3.05) is 0 Å². The van der Waals surface area contributed by atoms with E-state index in [9.17, 15) is 4.79 Å². The van der Waals surface area contributed by atoms with Crippen LogP contribution in [0.3, 0.4) is 0 Å². The van der Waals surface area contributed by atoms with Gasteiger partial charge in [-0.25, -0.2) is 4.98 Å². The van der Waals surface area contributed by atoms with Crippen LogP contribution in [0.2, 0.25) is 5.02 Å². The lowest BCUT2D eigenvalue weighted by Gasteiger charge is -1.98. The number of nitrogens with one attached hydrogen (secondary N) is 1. The second-order valence-electron chi connectivity index (χ2n) is 2.64. The van der Waals surface area contributed by atoms with Gasteiger partial charge in [-0.05, 0) is 12.1 Å². The Balaban J connectivity index is 2.54.